The minimum absolute atomic E-state index is 0.120. The topological polar surface area (TPSA) is 17.1 Å². The molecule has 2 aromatic rings. The lowest BCUT2D eigenvalue weighted by atomic mass is 9.81. The fourth-order valence-corrected chi connectivity index (χ4v) is 3.73. The Hall–Kier alpha value is -1.12. The number of rotatable bonds is 2. The normalized spacial score (nSPS) is 18.7. The van der Waals surface area contributed by atoms with Crippen LogP contribution >= 0.6 is 22.9 Å². The quantitative estimate of drug-likeness (QED) is 0.795. The Morgan fingerprint density at radius 2 is 2.06 bits per heavy atom. The van der Waals surface area contributed by atoms with Crippen LogP contribution < -0.4 is 0 Å². The van der Waals surface area contributed by atoms with Gasteiger partial charge in [0.25, 0.3) is 0 Å². The Morgan fingerprint density at radius 3 is 2.83 bits per heavy atom. The third-order valence-corrected chi connectivity index (χ3v) is 4.75. The fraction of sp³-hybridized carbons (Fsp3) is 0.267. The number of aryl methyl sites for hydroxylation is 1. The van der Waals surface area contributed by atoms with E-state index in [0.717, 1.165) is 29.2 Å². The van der Waals surface area contributed by atoms with Crippen molar-refractivity contribution >= 4 is 28.7 Å². The summed E-state index contributed by atoms with van der Waals surface area (Å²) in [5.41, 5.74) is 2.11. The molecule has 0 fully saturated rings. The standard InChI is InChI=1S/C15H13ClOS/c16-14-8-7-12(18-14)9-11-6-5-10-3-1-2-4-13(10)15(11)17/h1-4,7-8,11H,5-6,9H2. The zero-order chi connectivity index (χ0) is 12.5. The van der Waals surface area contributed by atoms with E-state index >= 15 is 0 Å². The van der Waals surface area contributed by atoms with Gasteiger partial charge in [0.15, 0.2) is 5.78 Å². The number of hydrogen-bond acceptors (Lipinski definition) is 2. The van der Waals surface area contributed by atoms with Gasteiger partial charge in [0.2, 0.25) is 0 Å². The summed E-state index contributed by atoms with van der Waals surface area (Å²) >= 11 is 7.51. The molecule has 3 rings (SSSR count). The van der Waals surface area contributed by atoms with Crippen molar-refractivity contribution < 1.29 is 4.79 Å². The van der Waals surface area contributed by atoms with Crippen LogP contribution in [-0.4, -0.2) is 5.78 Å². The molecule has 0 aliphatic heterocycles. The van der Waals surface area contributed by atoms with Crippen LogP contribution in [-0.2, 0) is 12.8 Å². The zero-order valence-electron chi connectivity index (χ0n) is 9.86. The van der Waals surface area contributed by atoms with Crippen molar-refractivity contribution in [2.45, 2.75) is 19.3 Å². The van der Waals surface area contributed by atoms with E-state index in [-0.39, 0.29) is 5.92 Å². The van der Waals surface area contributed by atoms with Gasteiger partial charge in [-0.25, -0.2) is 0 Å². The van der Waals surface area contributed by atoms with Gasteiger partial charge in [-0.3, -0.25) is 4.79 Å². The Morgan fingerprint density at radius 1 is 1.22 bits per heavy atom. The molecular weight excluding hydrogens is 264 g/mol. The SMILES string of the molecule is O=C1c2ccccc2CCC1Cc1ccc(Cl)s1. The molecule has 0 bridgehead atoms. The van der Waals surface area contributed by atoms with Crippen molar-refractivity contribution in [2.24, 2.45) is 5.92 Å². The first kappa shape index (κ1) is 11.9. The molecule has 18 heavy (non-hydrogen) atoms. The first-order valence-electron chi connectivity index (χ1n) is 6.10. The highest BCUT2D eigenvalue weighted by Crippen LogP contribution is 2.30. The molecular formula is C15H13ClOS. The number of halogens is 1. The van der Waals surface area contributed by atoms with Crippen molar-refractivity contribution in [1.82, 2.24) is 0 Å². The minimum atomic E-state index is 0.120. The first-order valence-corrected chi connectivity index (χ1v) is 7.30. The number of ketones is 1. The summed E-state index contributed by atoms with van der Waals surface area (Å²) in [4.78, 5) is 13.6. The molecule has 1 aliphatic rings. The summed E-state index contributed by atoms with van der Waals surface area (Å²) < 4.78 is 0.800. The average molecular weight is 277 g/mol. The molecule has 92 valence electrons. The van der Waals surface area contributed by atoms with Crippen LogP contribution in [0.4, 0.5) is 0 Å². The number of hydrogen-bond donors (Lipinski definition) is 0. The predicted octanol–water partition coefficient (Wildman–Crippen LogP) is 4.39. The zero-order valence-corrected chi connectivity index (χ0v) is 11.4. The lowest BCUT2D eigenvalue weighted by molar-refractivity contribution is 0.0902. The van der Waals surface area contributed by atoms with Crippen LogP contribution in [0.15, 0.2) is 36.4 Å². The second kappa shape index (κ2) is 4.87. The third-order valence-electron chi connectivity index (χ3n) is 3.49. The van der Waals surface area contributed by atoms with Crippen molar-refractivity contribution in [3.63, 3.8) is 0 Å². The molecule has 1 aliphatic carbocycles. The van der Waals surface area contributed by atoms with E-state index in [1.54, 1.807) is 11.3 Å². The van der Waals surface area contributed by atoms with Crippen molar-refractivity contribution in [3.8, 4) is 0 Å². The Labute approximate surface area is 115 Å². The highest BCUT2D eigenvalue weighted by molar-refractivity contribution is 7.16. The van der Waals surface area contributed by atoms with Gasteiger partial charge in [-0.15, -0.1) is 11.3 Å². The van der Waals surface area contributed by atoms with Crippen LogP contribution in [0, 0.1) is 5.92 Å². The van der Waals surface area contributed by atoms with Crippen molar-refractivity contribution in [3.05, 3.63) is 56.7 Å². The molecule has 3 heteroatoms. The van der Waals surface area contributed by atoms with E-state index in [0.29, 0.717) is 5.78 Å². The van der Waals surface area contributed by atoms with Crippen LogP contribution in [0.25, 0.3) is 0 Å². The van der Waals surface area contributed by atoms with E-state index in [1.807, 2.05) is 30.3 Å². The van der Waals surface area contributed by atoms with E-state index in [2.05, 4.69) is 6.07 Å². The van der Waals surface area contributed by atoms with Crippen molar-refractivity contribution in [2.75, 3.05) is 0 Å². The smallest absolute Gasteiger partial charge is 0.166 e. The van der Waals surface area contributed by atoms with Gasteiger partial charge in [0.1, 0.15) is 0 Å². The molecule has 1 heterocycles. The molecule has 0 radical (unpaired) electrons. The van der Waals surface area contributed by atoms with Crippen LogP contribution in [0.5, 0.6) is 0 Å². The largest absolute Gasteiger partial charge is 0.294 e. The summed E-state index contributed by atoms with van der Waals surface area (Å²) in [6.45, 7) is 0. The molecule has 1 atom stereocenters. The Balaban J connectivity index is 1.82. The molecule has 1 nitrogen and oxygen atoms in total. The summed E-state index contributed by atoms with van der Waals surface area (Å²) in [7, 11) is 0. The van der Waals surface area contributed by atoms with E-state index in [4.69, 9.17) is 11.6 Å². The number of benzene rings is 1. The molecule has 0 saturated carbocycles. The third kappa shape index (κ3) is 2.23. The van der Waals surface area contributed by atoms with Gasteiger partial charge >= 0.3 is 0 Å². The molecule has 1 aromatic carbocycles. The lowest BCUT2D eigenvalue weighted by Crippen LogP contribution is -2.24. The second-order valence-corrected chi connectivity index (χ2v) is 6.47. The number of Topliss-reactive ketones (excluding diaryl/α,β-unsaturated/α-hetero) is 1. The van der Waals surface area contributed by atoms with Crippen LogP contribution in [0.1, 0.15) is 27.2 Å². The fourth-order valence-electron chi connectivity index (χ4n) is 2.56. The van der Waals surface area contributed by atoms with Gasteiger partial charge in [0.05, 0.1) is 4.34 Å². The summed E-state index contributed by atoms with van der Waals surface area (Å²) in [6.07, 6.45) is 2.78. The molecule has 0 saturated heterocycles. The highest BCUT2D eigenvalue weighted by Gasteiger charge is 2.27. The first-order chi connectivity index (χ1) is 8.74. The molecule has 0 spiro atoms. The van der Waals surface area contributed by atoms with Crippen molar-refractivity contribution in [1.29, 1.82) is 0 Å². The van der Waals surface area contributed by atoms with E-state index in [1.165, 1.54) is 10.4 Å². The number of carbonyl (C=O) groups is 1. The number of thiophene rings is 1. The van der Waals surface area contributed by atoms with E-state index in [9.17, 15) is 4.79 Å². The Kier molecular flexibility index (Phi) is 3.23. The molecule has 0 N–H and O–H groups in total. The Bertz CT molecular complexity index is 588. The maximum Gasteiger partial charge on any atom is 0.166 e. The van der Waals surface area contributed by atoms with Crippen LogP contribution in [0.3, 0.4) is 0 Å². The van der Waals surface area contributed by atoms with Gasteiger partial charge < -0.3 is 0 Å². The summed E-state index contributed by atoms with van der Waals surface area (Å²) in [6, 6.07) is 11.9. The average Bonchev–Trinajstić information content (AvgIpc) is 2.79. The predicted molar refractivity (Wildman–Crippen MR) is 75.6 cm³/mol. The lowest BCUT2D eigenvalue weighted by Gasteiger charge is -2.22. The maximum atomic E-state index is 12.4. The van der Waals surface area contributed by atoms with Gasteiger partial charge in [-0.2, -0.15) is 0 Å². The van der Waals surface area contributed by atoms with Gasteiger partial charge in [0, 0.05) is 16.4 Å². The monoisotopic (exact) mass is 276 g/mol. The van der Waals surface area contributed by atoms with Gasteiger partial charge in [-0.1, -0.05) is 35.9 Å². The molecule has 0 amide bonds. The van der Waals surface area contributed by atoms with Gasteiger partial charge in [-0.05, 0) is 37.0 Å². The number of fused-ring (bicyclic) bond motifs is 1. The summed E-state index contributed by atoms with van der Waals surface area (Å²) in [5, 5.41) is 0. The molecule has 1 unspecified atom stereocenters. The van der Waals surface area contributed by atoms with Crippen LogP contribution in [0.2, 0.25) is 4.34 Å². The summed E-state index contributed by atoms with van der Waals surface area (Å²) in [5.74, 6) is 0.413. The second-order valence-electron chi connectivity index (χ2n) is 4.67. The van der Waals surface area contributed by atoms with E-state index < -0.39 is 0 Å². The molecule has 1 aromatic heterocycles. The highest BCUT2D eigenvalue weighted by atomic mass is 35.5. The minimum Gasteiger partial charge on any atom is -0.294 e. The number of carbonyl (C=O) groups excluding carboxylic acids is 1. The maximum absolute atomic E-state index is 12.4.